The van der Waals surface area contributed by atoms with Crippen LogP contribution in [-0.2, 0) is 4.74 Å². The van der Waals surface area contributed by atoms with E-state index in [1.54, 1.807) is 0 Å². The van der Waals surface area contributed by atoms with Crippen LogP contribution in [0, 0.1) is 0 Å². The third-order valence-corrected chi connectivity index (χ3v) is 1.55. The average Bonchev–Trinajstić information content (AvgIpc) is 2.09. The Hall–Kier alpha value is -0.160. The van der Waals surface area contributed by atoms with Crippen LogP contribution >= 0.6 is 0 Å². The minimum atomic E-state index is 0.0837. The molecule has 4 heteroatoms. The normalized spacial score (nSPS) is 11.0. The van der Waals surface area contributed by atoms with Crippen LogP contribution in [0.3, 0.4) is 0 Å². The molecule has 0 aromatic carbocycles. The van der Waals surface area contributed by atoms with Gasteiger partial charge in [-0.15, -0.1) is 0 Å². The van der Waals surface area contributed by atoms with Crippen molar-refractivity contribution in [3.05, 3.63) is 0 Å². The molecule has 0 atom stereocenters. The van der Waals surface area contributed by atoms with E-state index in [9.17, 15) is 0 Å². The van der Waals surface area contributed by atoms with Gasteiger partial charge in [-0.2, -0.15) is 0 Å². The van der Waals surface area contributed by atoms with E-state index < -0.39 is 0 Å². The quantitative estimate of drug-likeness (QED) is 0.482. The Morgan fingerprint density at radius 2 is 1.83 bits per heavy atom. The summed E-state index contributed by atoms with van der Waals surface area (Å²) in [4.78, 5) is 2.09. The molecule has 0 heterocycles. The van der Waals surface area contributed by atoms with Crippen molar-refractivity contribution < 1.29 is 14.9 Å². The van der Waals surface area contributed by atoms with Crippen LogP contribution in [0.4, 0.5) is 0 Å². The molecule has 74 valence electrons. The molecule has 0 saturated carbocycles. The van der Waals surface area contributed by atoms with E-state index in [0.29, 0.717) is 13.2 Å². The molecule has 12 heavy (non-hydrogen) atoms. The number of aliphatic hydroxyl groups excluding tert-OH is 2. The fourth-order valence-corrected chi connectivity index (χ4v) is 0.839. The second-order valence-corrected chi connectivity index (χ2v) is 2.72. The molecule has 0 rings (SSSR count). The van der Waals surface area contributed by atoms with Crippen molar-refractivity contribution in [3.8, 4) is 0 Å². The van der Waals surface area contributed by atoms with Gasteiger partial charge in [-0.25, -0.2) is 0 Å². The van der Waals surface area contributed by atoms with Gasteiger partial charge >= 0.3 is 0 Å². The molecule has 2 N–H and O–H groups in total. The van der Waals surface area contributed by atoms with Gasteiger partial charge in [-0.05, 0) is 13.5 Å². The first-order chi connectivity index (χ1) is 5.81. The van der Waals surface area contributed by atoms with Crippen molar-refractivity contribution in [2.75, 3.05) is 46.6 Å². The Morgan fingerprint density at radius 3 is 2.42 bits per heavy atom. The Kier molecular flexibility index (Phi) is 8.81. The minimum Gasteiger partial charge on any atom is -0.396 e. The zero-order chi connectivity index (χ0) is 9.23. The SMILES string of the molecule is CN(CCCO)CCOCCO. The topological polar surface area (TPSA) is 52.9 Å². The Labute approximate surface area is 73.8 Å². The number of rotatable bonds is 8. The molecule has 0 aliphatic rings. The molecule has 0 unspecified atom stereocenters. The number of hydrogen-bond donors (Lipinski definition) is 2. The zero-order valence-corrected chi connectivity index (χ0v) is 7.70. The molecule has 0 bridgehead atoms. The Bertz CT molecular complexity index is 90.4. The van der Waals surface area contributed by atoms with Gasteiger partial charge in [-0.3, -0.25) is 0 Å². The maximum absolute atomic E-state index is 8.53. The van der Waals surface area contributed by atoms with E-state index in [1.165, 1.54) is 0 Å². The molecular formula is C8H19NO3. The van der Waals surface area contributed by atoms with E-state index in [-0.39, 0.29) is 13.2 Å². The summed E-state index contributed by atoms with van der Waals surface area (Å²) in [7, 11) is 1.98. The summed E-state index contributed by atoms with van der Waals surface area (Å²) in [6, 6.07) is 0. The predicted molar refractivity (Wildman–Crippen MR) is 47.1 cm³/mol. The highest BCUT2D eigenvalue weighted by Crippen LogP contribution is 1.86. The number of ether oxygens (including phenoxy) is 1. The van der Waals surface area contributed by atoms with E-state index in [1.807, 2.05) is 7.05 Å². The lowest BCUT2D eigenvalue weighted by atomic mass is 10.4. The van der Waals surface area contributed by atoms with E-state index in [4.69, 9.17) is 14.9 Å². The average molecular weight is 177 g/mol. The smallest absolute Gasteiger partial charge is 0.0698 e. The molecule has 0 radical (unpaired) electrons. The van der Waals surface area contributed by atoms with Gasteiger partial charge in [0.25, 0.3) is 0 Å². The van der Waals surface area contributed by atoms with Crippen LogP contribution in [0.2, 0.25) is 0 Å². The van der Waals surface area contributed by atoms with Crippen molar-refractivity contribution in [2.24, 2.45) is 0 Å². The molecule has 0 amide bonds. The summed E-state index contributed by atoms with van der Waals surface area (Å²) >= 11 is 0. The van der Waals surface area contributed by atoms with Crippen molar-refractivity contribution in [1.29, 1.82) is 0 Å². The molecule has 0 saturated heterocycles. The second-order valence-electron chi connectivity index (χ2n) is 2.72. The third-order valence-electron chi connectivity index (χ3n) is 1.55. The summed E-state index contributed by atoms with van der Waals surface area (Å²) in [5, 5.41) is 16.9. The van der Waals surface area contributed by atoms with Gasteiger partial charge in [0.15, 0.2) is 0 Å². The van der Waals surface area contributed by atoms with Gasteiger partial charge in [0, 0.05) is 19.7 Å². The van der Waals surface area contributed by atoms with Crippen LogP contribution in [-0.4, -0.2) is 61.7 Å². The van der Waals surface area contributed by atoms with Crippen LogP contribution in [0.1, 0.15) is 6.42 Å². The minimum absolute atomic E-state index is 0.0837. The lowest BCUT2D eigenvalue weighted by Gasteiger charge is -2.15. The second kappa shape index (κ2) is 8.93. The number of nitrogens with zero attached hydrogens (tertiary/aromatic N) is 1. The standard InChI is InChI=1S/C8H19NO3/c1-9(3-2-5-10)4-7-12-8-6-11/h10-11H,2-8H2,1H3. The zero-order valence-electron chi connectivity index (χ0n) is 7.70. The largest absolute Gasteiger partial charge is 0.396 e. The molecule has 0 fully saturated rings. The van der Waals surface area contributed by atoms with Gasteiger partial charge in [0.2, 0.25) is 0 Å². The molecule has 0 spiro atoms. The first-order valence-electron chi connectivity index (χ1n) is 4.29. The summed E-state index contributed by atoms with van der Waals surface area (Å²) in [6.45, 7) is 3.11. The van der Waals surface area contributed by atoms with E-state index in [0.717, 1.165) is 19.5 Å². The van der Waals surface area contributed by atoms with Crippen molar-refractivity contribution in [3.63, 3.8) is 0 Å². The monoisotopic (exact) mass is 177 g/mol. The summed E-state index contributed by atoms with van der Waals surface area (Å²) < 4.78 is 5.08. The summed E-state index contributed by atoms with van der Waals surface area (Å²) in [6.07, 6.45) is 0.802. The van der Waals surface area contributed by atoms with E-state index in [2.05, 4.69) is 4.90 Å². The highest BCUT2D eigenvalue weighted by atomic mass is 16.5. The first kappa shape index (κ1) is 11.8. The van der Waals surface area contributed by atoms with Gasteiger partial charge in [0.1, 0.15) is 0 Å². The molecule has 4 nitrogen and oxygen atoms in total. The fraction of sp³-hybridized carbons (Fsp3) is 1.00. The van der Waals surface area contributed by atoms with Crippen molar-refractivity contribution >= 4 is 0 Å². The molecule has 0 aliphatic heterocycles. The van der Waals surface area contributed by atoms with Crippen molar-refractivity contribution in [1.82, 2.24) is 4.90 Å². The molecule has 0 aromatic rings. The fourth-order valence-electron chi connectivity index (χ4n) is 0.839. The lowest BCUT2D eigenvalue weighted by molar-refractivity contribution is 0.0773. The maximum atomic E-state index is 8.53. The maximum Gasteiger partial charge on any atom is 0.0698 e. The van der Waals surface area contributed by atoms with Gasteiger partial charge in [-0.1, -0.05) is 0 Å². The Balaban J connectivity index is 3.02. The lowest BCUT2D eigenvalue weighted by Crippen LogP contribution is -2.25. The number of aliphatic hydroxyl groups is 2. The van der Waals surface area contributed by atoms with E-state index >= 15 is 0 Å². The highest BCUT2D eigenvalue weighted by Gasteiger charge is 1.96. The van der Waals surface area contributed by atoms with Crippen LogP contribution in [0.25, 0.3) is 0 Å². The summed E-state index contributed by atoms with van der Waals surface area (Å²) in [5.74, 6) is 0. The predicted octanol–water partition coefficient (Wildman–Crippen LogP) is -0.690. The Morgan fingerprint density at radius 1 is 1.08 bits per heavy atom. The first-order valence-corrected chi connectivity index (χ1v) is 4.29. The highest BCUT2D eigenvalue weighted by molar-refractivity contribution is 4.49. The van der Waals surface area contributed by atoms with Gasteiger partial charge in [0.05, 0.1) is 19.8 Å². The van der Waals surface area contributed by atoms with Crippen molar-refractivity contribution in [2.45, 2.75) is 6.42 Å². The van der Waals surface area contributed by atoms with Crippen LogP contribution in [0.15, 0.2) is 0 Å². The molecular weight excluding hydrogens is 158 g/mol. The molecule has 0 aromatic heterocycles. The van der Waals surface area contributed by atoms with Crippen LogP contribution in [0.5, 0.6) is 0 Å². The number of hydrogen-bond acceptors (Lipinski definition) is 4. The summed E-state index contributed by atoms with van der Waals surface area (Å²) in [5.41, 5.74) is 0. The molecule has 0 aliphatic carbocycles. The van der Waals surface area contributed by atoms with Crippen LogP contribution < -0.4 is 0 Å². The third kappa shape index (κ3) is 7.94. The number of likely N-dealkylation sites (N-methyl/N-ethyl adjacent to an activating group) is 1. The van der Waals surface area contributed by atoms with Gasteiger partial charge < -0.3 is 19.8 Å².